The topological polar surface area (TPSA) is 49.3 Å². The van der Waals surface area contributed by atoms with Gasteiger partial charge in [0.1, 0.15) is 0 Å². The smallest absolute Gasteiger partial charge is 0.230 e. The summed E-state index contributed by atoms with van der Waals surface area (Å²) in [4.78, 5) is 12.0. The number of carbonyl (C=O) groups excluding carboxylic acids is 1. The second-order valence-electron chi connectivity index (χ2n) is 4.60. The maximum atomic E-state index is 12.0. The molecule has 1 aliphatic carbocycles. The van der Waals surface area contributed by atoms with Crippen molar-refractivity contribution in [3.05, 3.63) is 23.8 Å². The average molecular weight is 223 g/mol. The van der Waals surface area contributed by atoms with E-state index in [0.29, 0.717) is 13.0 Å². The molecule has 0 saturated carbocycles. The summed E-state index contributed by atoms with van der Waals surface area (Å²) in [7, 11) is 0. The first-order valence-electron chi connectivity index (χ1n) is 5.85. The first-order valence-corrected chi connectivity index (χ1v) is 5.85. The maximum Gasteiger partial charge on any atom is 0.230 e. The van der Waals surface area contributed by atoms with Crippen molar-refractivity contribution in [2.45, 2.75) is 33.1 Å². The molecule has 3 heteroatoms. The van der Waals surface area contributed by atoms with Gasteiger partial charge in [-0.15, -0.1) is 0 Å². The van der Waals surface area contributed by atoms with Gasteiger partial charge in [-0.05, 0) is 38.7 Å². The fraction of sp³-hybridized carbons (Fsp3) is 0.615. The Morgan fingerprint density at radius 3 is 2.81 bits per heavy atom. The van der Waals surface area contributed by atoms with Crippen molar-refractivity contribution in [2.75, 3.05) is 13.2 Å². The summed E-state index contributed by atoms with van der Waals surface area (Å²) in [6, 6.07) is 0. The molecule has 0 fully saturated rings. The van der Waals surface area contributed by atoms with E-state index in [2.05, 4.69) is 17.5 Å². The van der Waals surface area contributed by atoms with Gasteiger partial charge in [0.25, 0.3) is 0 Å². The minimum atomic E-state index is -0.480. The Morgan fingerprint density at radius 1 is 1.50 bits per heavy atom. The van der Waals surface area contributed by atoms with Gasteiger partial charge >= 0.3 is 0 Å². The normalized spacial score (nSPS) is 15.8. The molecule has 0 spiro atoms. The SMILES string of the molecule is CC(C)(C(=O)NCCCO)C1=CCCC=C1. The minimum Gasteiger partial charge on any atom is -0.396 e. The van der Waals surface area contributed by atoms with Crippen LogP contribution in [0.15, 0.2) is 23.8 Å². The van der Waals surface area contributed by atoms with E-state index < -0.39 is 5.41 Å². The van der Waals surface area contributed by atoms with Gasteiger partial charge in [0.05, 0.1) is 5.41 Å². The maximum absolute atomic E-state index is 12.0. The fourth-order valence-electron chi connectivity index (χ4n) is 1.71. The third kappa shape index (κ3) is 3.20. The molecule has 0 aromatic rings. The lowest BCUT2D eigenvalue weighted by Gasteiger charge is -2.26. The highest BCUT2D eigenvalue weighted by Gasteiger charge is 2.30. The Labute approximate surface area is 97.2 Å². The van der Waals surface area contributed by atoms with E-state index >= 15 is 0 Å². The molecule has 1 amide bonds. The number of hydrogen-bond donors (Lipinski definition) is 2. The minimum absolute atomic E-state index is 0.0266. The monoisotopic (exact) mass is 223 g/mol. The van der Waals surface area contributed by atoms with Crippen molar-refractivity contribution in [1.82, 2.24) is 5.32 Å². The summed E-state index contributed by atoms with van der Waals surface area (Å²) in [6.45, 7) is 4.52. The number of aliphatic hydroxyl groups excluding tert-OH is 1. The van der Waals surface area contributed by atoms with Crippen LogP contribution in [-0.2, 0) is 4.79 Å². The third-order valence-electron chi connectivity index (χ3n) is 2.90. The van der Waals surface area contributed by atoms with Gasteiger partial charge in [0, 0.05) is 13.2 Å². The Kier molecular flexibility index (Phi) is 4.74. The number of carbonyl (C=O) groups is 1. The highest BCUT2D eigenvalue weighted by molar-refractivity contribution is 5.85. The van der Waals surface area contributed by atoms with Gasteiger partial charge in [-0.1, -0.05) is 18.2 Å². The zero-order valence-electron chi connectivity index (χ0n) is 10.1. The van der Waals surface area contributed by atoms with Gasteiger partial charge in [0.15, 0.2) is 0 Å². The highest BCUT2D eigenvalue weighted by Crippen LogP contribution is 2.30. The summed E-state index contributed by atoms with van der Waals surface area (Å²) in [6.07, 6.45) is 8.96. The lowest BCUT2D eigenvalue weighted by atomic mass is 9.80. The first kappa shape index (κ1) is 13.0. The molecular weight excluding hydrogens is 202 g/mol. The Hall–Kier alpha value is -1.09. The van der Waals surface area contributed by atoms with Crippen LogP contribution in [0.2, 0.25) is 0 Å². The number of nitrogens with one attached hydrogen (secondary N) is 1. The molecule has 90 valence electrons. The molecule has 16 heavy (non-hydrogen) atoms. The molecule has 0 heterocycles. The van der Waals surface area contributed by atoms with Gasteiger partial charge in [0.2, 0.25) is 5.91 Å². The molecule has 3 nitrogen and oxygen atoms in total. The number of amides is 1. The zero-order chi connectivity index (χ0) is 12.0. The van der Waals surface area contributed by atoms with Crippen LogP contribution < -0.4 is 5.32 Å². The lowest BCUT2D eigenvalue weighted by molar-refractivity contribution is -0.127. The van der Waals surface area contributed by atoms with Crippen molar-refractivity contribution < 1.29 is 9.90 Å². The molecule has 1 aliphatic rings. The summed E-state index contributed by atoms with van der Waals surface area (Å²) < 4.78 is 0. The average Bonchev–Trinajstić information content (AvgIpc) is 2.30. The molecule has 0 bridgehead atoms. The third-order valence-corrected chi connectivity index (χ3v) is 2.90. The molecule has 0 aliphatic heterocycles. The molecule has 0 atom stereocenters. The van der Waals surface area contributed by atoms with Crippen LogP contribution in [0.1, 0.15) is 33.1 Å². The van der Waals surface area contributed by atoms with Crippen LogP contribution in [0.25, 0.3) is 0 Å². The molecule has 2 N–H and O–H groups in total. The van der Waals surface area contributed by atoms with E-state index in [1.165, 1.54) is 0 Å². The Bertz CT molecular complexity index is 303. The van der Waals surface area contributed by atoms with E-state index in [9.17, 15) is 4.79 Å². The predicted octanol–water partition coefficient (Wildman–Crippen LogP) is 1.79. The van der Waals surface area contributed by atoms with Gasteiger partial charge < -0.3 is 10.4 Å². The van der Waals surface area contributed by atoms with E-state index in [1.807, 2.05) is 19.9 Å². The number of allylic oxidation sites excluding steroid dienone is 3. The van der Waals surface area contributed by atoms with Gasteiger partial charge in [-0.25, -0.2) is 0 Å². The summed E-state index contributed by atoms with van der Waals surface area (Å²) in [5.41, 5.74) is 0.604. The largest absolute Gasteiger partial charge is 0.396 e. The van der Waals surface area contributed by atoms with Crippen LogP contribution in [0.3, 0.4) is 0 Å². The van der Waals surface area contributed by atoms with Crippen molar-refractivity contribution in [3.8, 4) is 0 Å². The van der Waals surface area contributed by atoms with E-state index in [1.54, 1.807) is 0 Å². The summed E-state index contributed by atoms with van der Waals surface area (Å²) in [5, 5.41) is 11.5. The Morgan fingerprint density at radius 2 is 2.25 bits per heavy atom. The number of aliphatic hydroxyl groups is 1. The molecule has 0 radical (unpaired) electrons. The molecule has 0 unspecified atom stereocenters. The number of rotatable bonds is 5. The van der Waals surface area contributed by atoms with Crippen LogP contribution in [0, 0.1) is 5.41 Å². The molecule has 1 rings (SSSR count). The second kappa shape index (κ2) is 5.85. The molecule has 0 aromatic heterocycles. The van der Waals surface area contributed by atoms with Gasteiger partial charge in [-0.2, -0.15) is 0 Å². The second-order valence-corrected chi connectivity index (χ2v) is 4.60. The predicted molar refractivity (Wildman–Crippen MR) is 65.0 cm³/mol. The van der Waals surface area contributed by atoms with E-state index in [4.69, 9.17) is 5.11 Å². The Balaban J connectivity index is 2.58. The molecular formula is C13H21NO2. The van der Waals surface area contributed by atoms with Crippen LogP contribution in [0.4, 0.5) is 0 Å². The fourth-order valence-corrected chi connectivity index (χ4v) is 1.71. The standard InChI is InChI=1S/C13H21NO2/c1-13(2,11-7-4-3-5-8-11)12(16)14-9-6-10-15/h4,7-8,15H,3,5-6,9-10H2,1-2H3,(H,14,16). The molecule has 0 aromatic carbocycles. The number of hydrogen-bond acceptors (Lipinski definition) is 2. The van der Waals surface area contributed by atoms with Crippen molar-refractivity contribution in [3.63, 3.8) is 0 Å². The van der Waals surface area contributed by atoms with Crippen molar-refractivity contribution in [2.24, 2.45) is 5.41 Å². The van der Waals surface area contributed by atoms with Crippen molar-refractivity contribution >= 4 is 5.91 Å². The van der Waals surface area contributed by atoms with Gasteiger partial charge in [-0.3, -0.25) is 4.79 Å². The molecule has 0 saturated heterocycles. The summed E-state index contributed by atoms with van der Waals surface area (Å²) in [5.74, 6) is 0.0266. The lowest BCUT2D eigenvalue weighted by Crippen LogP contribution is -2.38. The van der Waals surface area contributed by atoms with Crippen molar-refractivity contribution in [1.29, 1.82) is 0 Å². The van der Waals surface area contributed by atoms with Crippen LogP contribution in [0.5, 0.6) is 0 Å². The first-order chi connectivity index (χ1) is 7.59. The van der Waals surface area contributed by atoms with E-state index in [-0.39, 0.29) is 12.5 Å². The van der Waals surface area contributed by atoms with Crippen LogP contribution >= 0.6 is 0 Å². The summed E-state index contributed by atoms with van der Waals surface area (Å²) >= 11 is 0. The highest BCUT2D eigenvalue weighted by atomic mass is 16.3. The van der Waals surface area contributed by atoms with E-state index in [0.717, 1.165) is 18.4 Å². The van der Waals surface area contributed by atoms with Crippen LogP contribution in [-0.4, -0.2) is 24.2 Å². The zero-order valence-corrected chi connectivity index (χ0v) is 10.1. The quantitative estimate of drug-likeness (QED) is 0.698.